The van der Waals surface area contributed by atoms with Crippen molar-refractivity contribution in [3.8, 4) is 5.75 Å². The van der Waals surface area contributed by atoms with Gasteiger partial charge in [0.05, 0.1) is 29.4 Å². The number of rotatable bonds is 9. The maximum absolute atomic E-state index is 12.6. The van der Waals surface area contributed by atoms with E-state index in [9.17, 15) is 14.7 Å². The van der Waals surface area contributed by atoms with E-state index in [1.807, 2.05) is 30.3 Å². The van der Waals surface area contributed by atoms with Crippen molar-refractivity contribution < 1.29 is 19.4 Å². The zero-order chi connectivity index (χ0) is 23.8. The molecule has 1 heterocycles. The van der Waals surface area contributed by atoms with Crippen molar-refractivity contribution in [2.75, 3.05) is 39.0 Å². The molecule has 0 bridgehead atoms. The normalized spacial score (nSPS) is 15.6. The Balaban J connectivity index is 1.46. The van der Waals surface area contributed by atoms with Gasteiger partial charge in [-0.05, 0) is 49.9 Å². The van der Waals surface area contributed by atoms with E-state index in [4.69, 9.17) is 22.1 Å². The fourth-order valence-corrected chi connectivity index (χ4v) is 4.29. The summed E-state index contributed by atoms with van der Waals surface area (Å²) >= 11 is 6.01. The Hall–Kier alpha value is -2.97. The van der Waals surface area contributed by atoms with Gasteiger partial charge in [0.1, 0.15) is 5.75 Å². The summed E-state index contributed by atoms with van der Waals surface area (Å²) in [6.07, 6.45) is 1.61. The molecule has 178 valence electrons. The molecule has 1 aliphatic rings. The second-order valence-electron chi connectivity index (χ2n) is 8.27. The van der Waals surface area contributed by atoms with Gasteiger partial charge in [0.15, 0.2) is 0 Å². The molecule has 1 unspecified atom stereocenters. The lowest BCUT2D eigenvalue weighted by Crippen LogP contribution is -2.40. The number of amides is 2. The predicted molar refractivity (Wildman–Crippen MR) is 129 cm³/mol. The maximum atomic E-state index is 12.6. The van der Waals surface area contributed by atoms with Crippen LogP contribution in [0.4, 0.5) is 10.5 Å². The highest BCUT2D eigenvalue weighted by molar-refractivity contribution is 6.33. The Morgan fingerprint density at radius 1 is 1.24 bits per heavy atom. The number of methoxy groups -OCH3 is 1. The van der Waals surface area contributed by atoms with Crippen LogP contribution >= 0.6 is 11.6 Å². The quantitative estimate of drug-likeness (QED) is 0.411. The van der Waals surface area contributed by atoms with E-state index in [1.165, 1.54) is 13.2 Å². The number of hydrogen-bond donors (Lipinski definition) is 4. The number of nitrogens with two attached hydrogens (primary N) is 1. The summed E-state index contributed by atoms with van der Waals surface area (Å²) in [5.41, 5.74) is 7.51. The van der Waals surface area contributed by atoms with Gasteiger partial charge in [0.25, 0.3) is 5.91 Å². The lowest BCUT2D eigenvalue weighted by molar-refractivity contribution is 0.0932. The van der Waals surface area contributed by atoms with Gasteiger partial charge in [-0.2, -0.15) is 0 Å². The molecule has 8 nitrogen and oxygen atoms in total. The van der Waals surface area contributed by atoms with Crippen LogP contribution in [0.3, 0.4) is 0 Å². The molecule has 0 aliphatic carbocycles. The van der Waals surface area contributed by atoms with E-state index in [0.717, 1.165) is 38.0 Å². The largest absolute Gasteiger partial charge is 0.496 e. The third-order valence-electron chi connectivity index (χ3n) is 6.06. The smallest absolute Gasteiger partial charge is 0.405 e. The Labute approximate surface area is 199 Å². The summed E-state index contributed by atoms with van der Waals surface area (Å²) in [5.74, 6) is 0.537. The van der Waals surface area contributed by atoms with Gasteiger partial charge in [-0.25, -0.2) is 4.79 Å². The average Bonchev–Trinajstić information content (AvgIpc) is 2.82. The zero-order valence-electron chi connectivity index (χ0n) is 18.7. The highest BCUT2D eigenvalue weighted by Crippen LogP contribution is 2.29. The summed E-state index contributed by atoms with van der Waals surface area (Å²) in [6, 6.07) is 12.5. The highest BCUT2D eigenvalue weighted by Gasteiger charge is 2.23. The Bertz CT molecular complexity index is 949. The minimum atomic E-state index is -1.02. The summed E-state index contributed by atoms with van der Waals surface area (Å²) in [7, 11) is 1.49. The predicted octanol–water partition coefficient (Wildman–Crippen LogP) is 3.77. The third kappa shape index (κ3) is 7.00. The van der Waals surface area contributed by atoms with E-state index in [-0.39, 0.29) is 11.9 Å². The molecule has 3 rings (SSSR count). The molecule has 0 saturated carbocycles. The van der Waals surface area contributed by atoms with Crippen molar-refractivity contribution in [3.63, 3.8) is 0 Å². The number of hydrogen-bond acceptors (Lipinski definition) is 5. The fraction of sp³-hybridized carbons (Fsp3) is 0.417. The second kappa shape index (κ2) is 11.8. The van der Waals surface area contributed by atoms with Gasteiger partial charge in [0, 0.05) is 19.2 Å². The molecule has 33 heavy (non-hydrogen) atoms. The van der Waals surface area contributed by atoms with Crippen molar-refractivity contribution in [3.05, 3.63) is 58.6 Å². The van der Waals surface area contributed by atoms with Gasteiger partial charge in [-0.1, -0.05) is 41.9 Å². The molecule has 1 fully saturated rings. The van der Waals surface area contributed by atoms with E-state index >= 15 is 0 Å². The first kappa shape index (κ1) is 24.7. The number of likely N-dealkylation sites (tertiary alicyclic amines) is 1. The van der Waals surface area contributed by atoms with Gasteiger partial charge in [0.2, 0.25) is 0 Å². The van der Waals surface area contributed by atoms with Crippen molar-refractivity contribution in [1.29, 1.82) is 0 Å². The van der Waals surface area contributed by atoms with E-state index in [1.54, 1.807) is 6.07 Å². The number of nitrogens with one attached hydrogen (secondary N) is 2. The molecular weight excluding hydrogens is 444 g/mol. The van der Waals surface area contributed by atoms with Crippen molar-refractivity contribution in [1.82, 2.24) is 15.5 Å². The third-order valence-corrected chi connectivity index (χ3v) is 6.38. The van der Waals surface area contributed by atoms with Gasteiger partial charge < -0.3 is 31.1 Å². The van der Waals surface area contributed by atoms with Crippen LogP contribution in [0.2, 0.25) is 5.02 Å². The summed E-state index contributed by atoms with van der Waals surface area (Å²) in [6.45, 7) is 3.20. The molecule has 2 amide bonds. The number of carbonyl (C=O) groups is 2. The van der Waals surface area contributed by atoms with Crippen LogP contribution in [0.5, 0.6) is 5.75 Å². The number of halogens is 1. The van der Waals surface area contributed by atoms with Gasteiger partial charge in [-0.3, -0.25) is 4.79 Å². The number of piperidine rings is 1. The Morgan fingerprint density at radius 2 is 1.94 bits per heavy atom. The minimum absolute atomic E-state index is 0.233. The van der Waals surface area contributed by atoms with Crippen molar-refractivity contribution in [2.24, 2.45) is 5.92 Å². The van der Waals surface area contributed by atoms with E-state index in [2.05, 4.69) is 15.5 Å². The van der Waals surface area contributed by atoms with Crippen LogP contribution in [-0.2, 0) is 0 Å². The topological polar surface area (TPSA) is 117 Å². The Kier molecular flexibility index (Phi) is 8.79. The highest BCUT2D eigenvalue weighted by atomic mass is 35.5. The molecule has 5 N–H and O–H groups in total. The molecule has 1 atom stereocenters. The molecule has 0 radical (unpaired) electrons. The summed E-state index contributed by atoms with van der Waals surface area (Å²) in [4.78, 5) is 26.2. The van der Waals surface area contributed by atoms with E-state index < -0.39 is 6.09 Å². The summed E-state index contributed by atoms with van der Waals surface area (Å²) in [5, 5.41) is 15.1. The lowest BCUT2D eigenvalue weighted by atomic mass is 9.96. The first-order chi connectivity index (χ1) is 15.9. The standard InChI is InChI=1S/C24H31ClN4O4/c1-33-22-14-19(25)20(26)13-18(22)23(30)27-15-16-7-10-29(11-8-16)12-9-21(28-24(31)32)17-5-3-2-4-6-17/h2-6,13-14,16,21,28H,7-12,15,26H2,1H3,(H,27,30)(H,31,32). The Morgan fingerprint density at radius 3 is 2.58 bits per heavy atom. The van der Waals surface area contributed by atoms with Crippen molar-refractivity contribution >= 4 is 29.3 Å². The second-order valence-corrected chi connectivity index (χ2v) is 8.68. The first-order valence-electron chi connectivity index (χ1n) is 11.0. The SMILES string of the molecule is COc1cc(Cl)c(N)cc1C(=O)NCC1CCN(CCC(NC(=O)O)c2ccccc2)CC1. The molecule has 0 aromatic heterocycles. The number of nitrogen functional groups attached to an aromatic ring is 1. The average molecular weight is 475 g/mol. The van der Waals surface area contributed by atoms with Crippen molar-refractivity contribution in [2.45, 2.75) is 25.3 Å². The number of anilines is 1. The molecule has 2 aromatic carbocycles. The number of carboxylic acid groups (broad SMARTS) is 1. The van der Waals surface area contributed by atoms with Crippen LogP contribution < -0.4 is 21.1 Å². The molecule has 1 saturated heterocycles. The van der Waals surface area contributed by atoms with Gasteiger partial charge >= 0.3 is 6.09 Å². The molecule has 1 aliphatic heterocycles. The number of carbonyl (C=O) groups excluding carboxylic acids is 1. The molecule has 9 heteroatoms. The minimum Gasteiger partial charge on any atom is -0.496 e. The van der Waals surface area contributed by atoms with Crippen LogP contribution in [0.15, 0.2) is 42.5 Å². The zero-order valence-corrected chi connectivity index (χ0v) is 19.5. The van der Waals surface area contributed by atoms with Gasteiger partial charge in [-0.15, -0.1) is 0 Å². The maximum Gasteiger partial charge on any atom is 0.405 e. The monoisotopic (exact) mass is 474 g/mol. The van der Waals surface area contributed by atoms with Crippen LogP contribution in [0.25, 0.3) is 0 Å². The number of benzene rings is 2. The first-order valence-corrected chi connectivity index (χ1v) is 11.4. The molecule has 2 aromatic rings. The van der Waals surface area contributed by atoms with Crippen LogP contribution in [0, 0.1) is 5.92 Å². The summed E-state index contributed by atoms with van der Waals surface area (Å²) < 4.78 is 5.26. The number of nitrogens with zero attached hydrogens (tertiary/aromatic N) is 1. The molecular formula is C24H31ClN4O4. The fourth-order valence-electron chi connectivity index (χ4n) is 4.13. The van der Waals surface area contributed by atoms with E-state index in [0.29, 0.717) is 40.9 Å². The lowest BCUT2D eigenvalue weighted by Gasteiger charge is -2.33. The van der Waals surface area contributed by atoms with Crippen LogP contribution in [-0.4, -0.2) is 55.3 Å². The molecule has 0 spiro atoms. The number of ether oxygens (including phenoxy) is 1. The van der Waals surface area contributed by atoms with Crippen LogP contribution in [0.1, 0.15) is 41.2 Å².